The number of imide groups is 3. The largest absolute Gasteiger partial charge is 0.508 e. The number of hydrogen-bond acceptors (Lipinski definition) is 8. The molecule has 3 amide bonds. The lowest BCUT2D eigenvalue weighted by molar-refractivity contribution is -0.137. The van der Waals surface area contributed by atoms with Crippen molar-refractivity contribution in [3.63, 3.8) is 0 Å². The van der Waals surface area contributed by atoms with Gasteiger partial charge in [-0.05, 0) is 67.3 Å². The zero-order chi connectivity index (χ0) is 25.3. The predicted molar refractivity (Wildman–Crippen MR) is 127 cm³/mol. The topological polar surface area (TPSA) is 123 Å². The standard InChI is InChI=1S/C25H30BNO8/c1-14(10-15-5-7-17(28)8-6-15)4-9-20-21-16(13-33-2)11-18-22(19(21)12-26(32)35-20)24(30)27(23(18)29)25(31)34-3/h5-8,10,18-20,22,28,32H,4,9,11-13H2,1-3H3/b14-10+/t18-,19+,20-,22-/m1/s1. The van der Waals surface area contributed by atoms with Crippen molar-refractivity contribution in [3.8, 4) is 5.75 Å². The molecule has 1 aromatic rings. The Morgan fingerprint density at radius 2 is 1.91 bits per heavy atom. The molecular weight excluding hydrogens is 453 g/mol. The maximum absolute atomic E-state index is 13.2. The van der Waals surface area contributed by atoms with Gasteiger partial charge in [0.05, 0.1) is 31.7 Å². The molecule has 3 aliphatic rings. The summed E-state index contributed by atoms with van der Waals surface area (Å²) < 4.78 is 16.0. The second-order valence-corrected chi connectivity index (χ2v) is 9.35. The highest BCUT2D eigenvalue weighted by molar-refractivity contribution is 6.43. The highest BCUT2D eigenvalue weighted by Gasteiger charge is 2.59. The molecule has 4 rings (SSSR count). The van der Waals surface area contributed by atoms with Gasteiger partial charge in [-0.1, -0.05) is 23.8 Å². The quantitative estimate of drug-likeness (QED) is 0.360. The number of fused-ring (bicyclic) bond motifs is 3. The van der Waals surface area contributed by atoms with Crippen LogP contribution in [-0.4, -0.2) is 67.0 Å². The summed E-state index contributed by atoms with van der Waals surface area (Å²) in [5, 5.41) is 20.0. The molecule has 1 aliphatic carbocycles. The summed E-state index contributed by atoms with van der Waals surface area (Å²) in [4.78, 5) is 38.9. The van der Waals surface area contributed by atoms with E-state index in [1.54, 1.807) is 19.2 Å². The van der Waals surface area contributed by atoms with Crippen LogP contribution in [0.1, 0.15) is 31.7 Å². The van der Waals surface area contributed by atoms with E-state index in [4.69, 9.17) is 9.39 Å². The van der Waals surface area contributed by atoms with Crippen molar-refractivity contribution >= 4 is 31.1 Å². The molecule has 0 unspecified atom stereocenters. The lowest BCUT2D eigenvalue weighted by Gasteiger charge is -2.43. The smallest absolute Gasteiger partial charge is 0.455 e. The van der Waals surface area contributed by atoms with E-state index >= 15 is 0 Å². The number of carbonyl (C=O) groups is 3. The lowest BCUT2D eigenvalue weighted by atomic mass is 9.58. The van der Waals surface area contributed by atoms with Crippen LogP contribution in [-0.2, 0) is 23.7 Å². The maximum Gasteiger partial charge on any atom is 0.455 e. The number of amides is 3. The summed E-state index contributed by atoms with van der Waals surface area (Å²) >= 11 is 0. The highest BCUT2D eigenvalue weighted by Crippen LogP contribution is 2.50. The van der Waals surface area contributed by atoms with Crippen molar-refractivity contribution in [3.05, 3.63) is 46.5 Å². The molecule has 2 N–H and O–H groups in total. The number of allylic oxidation sites excluding steroid dienone is 1. The minimum absolute atomic E-state index is 0.163. The van der Waals surface area contributed by atoms with E-state index in [0.29, 0.717) is 24.2 Å². The van der Waals surface area contributed by atoms with Crippen molar-refractivity contribution in [2.45, 2.75) is 38.6 Å². The lowest BCUT2D eigenvalue weighted by Crippen LogP contribution is -2.46. The summed E-state index contributed by atoms with van der Waals surface area (Å²) in [5.74, 6) is -2.81. The van der Waals surface area contributed by atoms with E-state index in [9.17, 15) is 24.5 Å². The molecule has 2 aliphatic heterocycles. The Balaban J connectivity index is 1.60. The third-order valence-electron chi connectivity index (χ3n) is 7.09. The fourth-order valence-corrected chi connectivity index (χ4v) is 5.63. The molecule has 2 saturated heterocycles. The minimum atomic E-state index is -1.09. The molecular formula is C25H30BNO8. The molecule has 2 fully saturated rings. The first-order chi connectivity index (χ1) is 16.7. The molecule has 186 valence electrons. The molecule has 9 nitrogen and oxygen atoms in total. The van der Waals surface area contributed by atoms with Gasteiger partial charge in [0.1, 0.15) is 5.75 Å². The van der Waals surface area contributed by atoms with Gasteiger partial charge in [-0.25, -0.2) is 4.79 Å². The number of methoxy groups -OCH3 is 2. The van der Waals surface area contributed by atoms with Crippen LogP contribution in [0.2, 0.25) is 6.32 Å². The zero-order valence-corrected chi connectivity index (χ0v) is 20.1. The molecule has 0 bridgehead atoms. The van der Waals surface area contributed by atoms with Crippen molar-refractivity contribution in [2.75, 3.05) is 20.8 Å². The monoisotopic (exact) mass is 483 g/mol. The average Bonchev–Trinajstić information content (AvgIpc) is 3.08. The zero-order valence-electron chi connectivity index (χ0n) is 20.1. The second-order valence-electron chi connectivity index (χ2n) is 9.35. The average molecular weight is 483 g/mol. The molecule has 35 heavy (non-hydrogen) atoms. The van der Waals surface area contributed by atoms with Crippen LogP contribution < -0.4 is 0 Å². The summed E-state index contributed by atoms with van der Waals surface area (Å²) in [6, 6.07) is 6.90. The minimum Gasteiger partial charge on any atom is -0.508 e. The summed E-state index contributed by atoms with van der Waals surface area (Å²) in [6.07, 6.45) is 2.28. The van der Waals surface area contributed by atoms with E-state index in [-0.39, 0.29) is 18.7 Å². The fraction of sp³-hybridized carbons (Fsp3) is 0.480. The van der Waals surface area contributed by atoms with Gasteiger partial charge in [0.2, 0.25) is 11.8 Å². The Bertz CT molecular complexity index is 1070. The van der Waals surface area contributed by atoms with Gasteiger partial charge in [0.15, 0.2) is 0 Å². The van der Waals surface area contributed by atoms with Gasteiger partial charge in [-0.2, -0.15) is 4.90 Å². The summed E-state index contributed by atoms with van der Waals surface area (Å²) in [7, 11) is 1.61. The number of rotatable bonds is 6. The SMILES string of the molecule is COCC1=C2[C@@H](CC/C(C)=C/c3ccc(O)cc3)OB(O)C[C@@H]2[C@@H]2C(=O)N(C(=O)OC)C(=O)[C@@H]2C1. The van der Waals surface area contributed by atoms with E-state index in [0.717, 1.165) is 29.4 Å². The van der Waals surface area contributed by atoms with Crippen LogP contribution in [0.5, 0.6) is 5.75 Å². The van der Waals surface area contributed by atoms with Crippen LogP contribution in [0, 0.1) is 17.8 Å². The van der Waals surface area contributed by atoms with Crippen molar-refractivity contribution in [1.82, 2.24) is 4.90 Å². The van der Waals surface area contributed by atoms with Crippen LogP contribution in [0.15, 0.2) is 41.0 Å². The Kier molecular flexibility index (Phi) is 7.44. The van der Waals surface area contributed by atoms with Gasteiger partial charge >= 0.3 is 13.2 Å². The van der Waals surface area contributed by atoms with Crippen LogP contribution in [0.3, 0.4) is 0 Å². The van der Waals surface area contributed by atoms with Gasteiger partial charge in [0.25, 0.3) is 0 Å². The Morgan fingerprint density at radius 3 is 2.57 bits per heavy atom. The van der Waals surface area contributed by atoms with E-state index in [1.807, 2.05) is 25.1 Å². The molecule has 0 spiro atoms. The maximum atomic E-state index is 13.2. The van der Waals surface area contributed by atoms with Gasteiger partial charge in [-0.15, -0.1) is 0 Å². The van der Waals surface area contributed by atoms with Crippen LogP contribution >= 0.6 is 0 Å². The van der Waals surface area contributed by atoms with Gasteiger partial charge in [0, 0.05) is 7.11 Å². The third-order valence-corrected chi connectivity index (χ3v) is 7.09. The normalized spacial score (nSPS) is 26.7. The number of nitrogens with zero attached hydrogens (tertiary/aromatic N) is 1. The molecule has 1 aromatic carbocycles. The number of likely N-dealkylation sites (tertiary alicyclic amines) is 1. The van der Waals surface area contributed by atoms with E-state index in [1.165, 1.54) is 0 Å². The number of aromatic hydroxyl groups is 1. The first-order valence-electron chi connectivity index (χ1n) is 11.7. The predicted octanol–water partition coefficient (Wildman–Crippen LogP) is 2.79. The first kappa shape index (κ1) is 25.2. The van der Waals surface area contributed by atoms with Crippen molar-refractivity contribution in [2.24, 2.45) is 17.8 Å². The van der Waals surface area contributed by atoms with Gasteiger partial charge in [-0.3, -0.25) is 9.59 Å². The van der Waals surface area contributed by atoms with E-state index in [2.05, 4.69) is 4.74 Å². The molecule has 0 saturated carbocycles. The fourth-order valence-electron chi connectivity index (χ4n) is 5.63. The highest BCUT2D eigenvalue weighted by atomic mass is 16.5. The van der Waals surface area contributed by atoms with Crippen LogP contribution in [0.4, 0.5) is 4.79 Å². The van der Waals surface area contributed by atoms with Gasteiger partial charge < -0.3 is 24.3 Å². The Labute approximate surface area is 204 Å². The Morgan fingerprint density at radius 1 is 1.20 bits per heavy atom. The number of phenols is 1. The molecule has 0 aromatic heterocycles. The molecule has 0 radical (unpaired) electrons. The number of hydrogen-bond donors (Lipinski definition) is 2. The first-order valence-corrected chi connectivity index (χ1v) is 11.7. The molecule has 4 atom stereocenters. The number of carbonyl (C=O) groups excluding carboxylic acids is 3. The van der Waals surface area contributed by atoms with Crippen molar-refractivity contribution in [1.29, 1.82) is 0 Å². The van der Waals surface area contributed by atoms with E-state index < -0.39 is 48.9 Å². The van der Waals surface area contributed by atoms with Crippen molar-refractivity contribution < 1.29 is 38.6 Å². The second kappa shape index (κ2) is 10.4. The number of benzene rings is 1. The Hall–Kier alpha value is -2.95. The number of ether oxygens (including phenoxy) is 2. The third kappa shape index (κ3) is 4.91. The summed E-state index contributed by atoms with van der Waals surface area (Å²) in [6.45, 7) is 2.27. The molecule has 10 heteroatoms. The number of phenolic OH excluding ortho intramolecular Hbond substituents is 1. The van der Waals surface area contributed by atoms with Crippen LogP contribution in [0.25, 0.3) is 6.08 Å². The molecule has 2 heterocycles. The summed E-state index contributed by atoms with van der Waals surface area (Å²) in [5.41, 5.74) is 3.82.